The Morgan fingerprint density at radius 2 is 1.92 bits per heavy atom. The number of benzene rings is 1. The Balaban J connectivity index is 1.43. The van der Waals surface area contributed by atoms with Crippen LogP contribution in [0.4, 0.5) is 4.79 Å². The molecule has 2 N–H and O–H groups in total. The molecule has 3 rings (SSSR count). The molecule has 0 aromatic heterocycles. The Hall–Kier alpha value is -2.04. The predicted octanol–water partition coefficient (Wildman–Crippen LogP) is 2.76. The van der Waals surface area contributed by atoms with Crippen molar-refractivity contribution < 1.29 is 9.59 Å². The fourth-order valence-electron chi connectivity index (χ4n) is 3.86. The van der Waals surface area contributed by atoms with E-state index in [-0.39, 0.29) is 18.0 Å². The van der Waals surface area contributed by atoms with Crippen molar-refractivity contribution in [2.75, 3.05) is 13.6 Å². The second kappa shape index (κ2) is 7.69. The molecular weight excluding hydrogens is 302 g/mol. The van der Waals surface area contributed by atoms with Gasteiger partial charge in [0.15, 0.2) is 0 Å². The number of nitrogens with zero attached hydrogens (tertiary/aromatic N) is 1. The summed E-state index contributed by atoms with van der Waals surface area (Å²) in [7, 11) is 1.83. The molecular formula is C19H27N3O2. The molecule has 3 amide bonds. The zero-order chi connectivity index (χ0) is 16.9. The summed E-state index contributed by atoms with van der Waals surface area (Å²) in [5.41, 5.74) is 2.58. The summed E-state index contributed by atoms with van der Waals surface area (Å²) in [5, 5.41) is 5.92. The summed E-state index contributed by atoms with van der Waals surface area (Å²) in [5.74, 6) is 0.0380. The van der Waals surface area contributed by atoms with Crippen molar-refractivity contribution in [3.05, 3.63) is 35.4 Å². The van der Waals surface area contributed by atoms with E-state index in [1.165, 1.54) is 24.0 Å². The molecule has 0 radical (unpaired) electrons. The highest BCUT2D eigenvalue weighted by Gasteiger charge is 2.28. The van der Waals surface area contributed by atoms with Gasteiger partial charge in [0.1, 0.15) is 0 Å². The largest absolute Gasteiger partial charge is 0.353 e. The van der Waals surface area contributed by atoms with Gasteiger partial charge in [-0.2, -0.15) is 0 Å². The molecule has 1 atom stereocenters. The van der Waals surface area contributed by atoms with Crippen LogP contribution in [0.25, 0.3) is 0 Å². The van der Waals surface area contributed by atoms with Crippen molar-refractivity contribution >= 4 is 11.9 Å². The van der Waals surface area contributed by atoms with Crippen LogP contribution in [-0.2, 0) is 11.2 Å². The Kier molecular flexibility index (Phi) is 5.38. The topological polar surface area (TPSA) is 61.4 Å². The minimum Gasteiger partial charge on any atom is -0.353 e. The lowest BCUT2D eigenvalue weighted by Gasteiger charge is -2.25. The number of rotatable bonds is 5. The third-order valence-corrected chi connectivity index (χ3v) is 5.24. The first kappa shape index (κ1) is 16.8. The van der Waals surface area contributed by atoms with E-state index >= 15 is 0 Å². The molecule has 0 bridgehead atoms. The normalized spacial score (nSPS) is 19.8. The van der Waals surface area contributed by atoms with Crippen LogP contribution in [-0.4, -0.2) is 36.5 Å². The zero-order valence-electron chi connectivity index (χ0n) is 14.4. The second-order valence-corrected chi connectivity index (χ2v) is 6.90. The summed E-state index contributed by atoms with van der Waals surface area (Å²) in [6, 6.07) is 8.67. The smallest absolute Gasteiger partial charge is 0.317 e. The lowest BCUT2D eigenvalue weighted by atomic mass is 10.1. The van der Waals surface area contributed by atoms with Crippen LogP contribution in [0.1, 0.15) is 55.7 Å². The molecule has 5 heteroatoms. The van der Waals surface area contributed by atoms with Gasteiger partial charge in [0.2, 0.25) is 5.91 Å². The summed E-state index contributed by atoms with van der Waals surface area (Å²) < 4.78 is 0. The van der Waals surface area contributed by atoms with Crippen LogP contribution in [0, 0.1) is 0 Å². The number of hydrogen-bond donors (Lipinski definition) is 2. The third kappa shape index (κ3) is 3.89. The molecule has 1 fully saturated rings. The van der Waals surface area contributed by atoms with Crippen LogP contribution < -0.4 is 10.6 Å². The highest BCUT2D eigenvalue weighted by molar-refractivity contribution is 5.78. The monoisotopic (exact) mass is 329 g/mol. The highest BCUT2D eigenvalue weighted by Crippen LogP contribution is 2.34. The van der Waals surface area contributed by atoms with Crippen molar-refractivity contribution in [3.63, 3.8) is 0 Å². The van der Waals surface area contributed by atoms with Gasteiger partial charge in [-0.05, 0) is 36.8 Å². The molecule has 2 aliphatic carbocycles. The van der Waals surface area contributed by atoms with E-state index in [9.17, 15) is 9.59 Å². The average molecular weight is 329 g/mol. The van der Waals surface area contributed by atoms with Gasteiger partial charge in [-0.15, -0.1) is 0 Å². The molecule has 0 spiro atoms. The fraction of sp³-hybridized carbons (Fsp3) is 0.579. The maximum atomic E-state index is 12.3. The molecule has 130 valence electrons. The zero-order valence-corrected chi connectivity index (χ0v) is 14.4. The number of aryl methyl sites for hydroxylation is 1. The molecule has 0 saturated heterocycles. The van der Waals surface area contributed by atoms with E-state index in [1.807, 2.05) is 19.2 Å². The first-order chi connectivity index (χ1) is 11.6. The van der Waals surface area contributed by atoms with Crippen LogP contribution in [0.15, 0.2) is 24.3 Å². The van der Waals surface area contributed by atoms with E-state index in [2.05, 4.69) is 22.8 Å². The number of urea groups is 1. The van der Waals surface area contributed by atoms with Crippen LogP contribution in [0.5, 0.6) is 0 Å². The Morgan fingerprint density at radius 3 is 2.71 bits per heavy atom. The molecule has 24 heavy (non-hydrogen) atoms. The lowest BCUT2D eigenvalue weighted by molar-refractivity contribution is -0.121. The standard InChI is InChI=1S/C19H27N3O2/c1-22(17-11-10-14-6-2-5-9-16(14)17)19(24)20-13-12-18(23)21-15-7-3-4-8-15/h2,5-6,9,15,17H,3-4,7-8,10-13H2,1H3,(H,20,24)(H,21,23)/t17-/m0/s1. The summed E-state index contributed by atoms with van der Waals surface area (Å²) >= 11 is 0. The third-order valence-electron chi connectivity index (χ3n) is 5.24. The molecule has 1 aromatic rings. The van der Waals surface area contributed by atoms with Gasteiger partial charge < -0.3 is 15.5 Å². The minimum absolute atomic E-state index is 0.0380. The second-order valence-electron chi connectivity index (χ2n) is 6.90. The Morgan fingerprint density at radius 1 is 1.17 bits per heavy atom. The Bertz CT molecular complexity index is 596. The van der Waals surface area contributed by atoms with Gasteiger partial charge >= 0.3 is 6.03 Å². The van der Waals surface area contributed by atoms with E-state index < -0.39 is 0 Å². The quantitative estimate of drug-likeness (QED) is 0.872. The maximum Gasteiger partial charge on any atom is 0.317 e. The maximum absolute atomic E-state index is 12.3. The molecule has 1 aromatic carbocycles. The number of carbonyl (C=O) groups is 2. The fourth-order valence-corrected chi connectivity index (χ4v) is 3.86. The SMILES string of the molecule is CN(C(=O)NCCC(=O)NC1CCCC1)[C@H]1CCc2ccccc21. The molecule has 1 saturated carbocycles. The van der Waals surface area contributed by atoms with Crippen molar-refractivity contribution in [2.45, 2.75) is 57.0 Å². The van der Waals surface area contributed by atoms with Gasteiger partial charge in [-0.3, -0.25) is 4.79 Å². The van der Waals surface area contributed by atoms with Crippen LogP contribution >= 0.6 is 0 Å². The van der Waals surface area contributed by atoms with Gasteiger partial charge in [-0.25, -0.2) is 4.79 Å². The van der Waals surface area contributed by atoms with Gasteiger partial charge in [0, 0.05) is 26.1 Å². The average Bonchev–Trinajstić information content (AvgIpc) is 3.23. The summed E-state index contributed by atoms with van der Waals surface area (Å²) in [6.07, 6.45) is 6.90. The van der Waals surface area contributed by atoms with Crippen LogP contribution in [0.3, 0.4) is 0 Å². The van der Waals surface area contributed by atoms with Gasteiger partial charge in [0.05, 0.1) is 6.04 Å². The number of fused-ring (bicyclic) bond motifs is 1. The van der Waals surface area contributed by atoms with Crippen LogP contribution in [0.2, 0.25) is 0 Å². The van der Waals surface area contributed by atoms with Crippen molar-refractivity contribution in [3.8, 4) is 0 Å². The van der Waals surface area contributed by atoms with Crippen molar-refractivity contribution in [1.29, 1.82) is 0 Å². The first-order valence-corrected chi connectivity index (χ1v) is 9.03. The van der Waals surface area contributed by atoms with Gasteiger partial charge in [0.25, 0.3) is 0 Å². The summed E-state index contributed by atoms with van der Waals surface area (Å²) in [6.45, 7) is 0.385. The minimum atomic E-state index is -0.106. The molecule has 0 aliphatic heterocycles. The van der Waals surface area contributed by atoms with Crippen molar-refractivity contribution in [1.82, 2.24) is 15.5 Å². The van der Waals surface area contributed by atoms with Gasteiger partial charge in [-0.1, -0.05) is 37.1 Å². The summed E-state index contributed by atoms with van der Waals surface area (Å²) in [4.78, 5) is 26.0. The lowest BCUT2D eigenvalue weighted by Crippen LogP contribution is -2.41. The van der Waals surface area contributed by atoms with E-state index in [0.29, 0.717) is 19.0 Å². The molecule has 5 nitrogen and oxygen atoms in total. The molecule has 0 unspecified atom stereocenters. The number of amides is 3. The van der Waals surface area contributed by atoms with E-state index in [0.717, 1.165) is 25.7 Å². The molecule has 2 aliphatic rings. The predicted molar refractivity (Wildman–Crippen MR) is 93.7 cm³/mol. The molecule has 0 heterocycles. The van der Waals surface area contributed by atoms with E-state index in [4.69, 9.17) is 0 Å². The first-order valence-electron chi connectivity index (χ1n) is 9.03. The van der Waals surface area contributed by atoms with E-state index in [1.54, 1.807) is 4.90 Å². The number of nitrogens with one attached hydrogen (secondary N) is 2. The van der Waals surface area contributed by atoms with Crippen molar-refractivity contribution in [2.24, 2.45) is 0 Å². The highest BCUT2D eigenvalue weighted by atomic mass is 16.2. The Labute approximate surface area is 143 Å². The number of carbonyl (C=O) groups excluding carboxylic acids is 2. The number of hydrogen-bond acceptors (Lipinski definition) is 2.